The second-order valence-electron chi connectivity index (χ2n) is 3.23. The molecule has 2 aromatic carbocycles. The highest BCUT2D eigenvalue weighted by atomic mass is 16.3. The van der Waals surface area contributed by atoms with Crippen LogP contribution in [0.1, 0.15) is 0 Å². The SMILES string of the molecule is N=C(N)N=Nc1ccc(O)c2ccccc12. The number of guanidine groups is 1. The molecule has 2 aromatic rings. The normalized spacial score (nSPS) is 11.0. The minimum absolute atomic E-state index is 0.192. The summed E-state index contributed by atoms with van der Waals surface area (Å²) in [7, 11) is 0. The van der Waals surface area contributed by atoms with Crippen LogP contribution in [0.5, 0.6) is 5.75 Å². The molecule has 0 aliphatic heterocycles. The van der Waals surface area contributed by atoms with Gasteiger partial charge in [0.15, 0.2) is 0 Å². The molecule has 16 heavy (non-hydrogen) atoms. The molecule has 5 heteroatoms. The number of nitrogens with zero attached hydrogens (tertiary/aromatic N) is 2. The molecule has 5 nitrogen and oxygen atoms in total. The second-order valence-corrected chi connectivity index (χ2v) is 3.23. The van der Waals surface area contributed by atoms with Gasteiger partial charge >= 0.3 is 0 Å². The van der Waals surface area contributed by atoms with E-state index < -0.39 is 0 Å². The van der Waals surface area contributed by atoms with Crippen LogP contribution >= 0.6 is 0 Å². The van der Waals surface area contributed by atoms with Crippen LogP contribution in [-0.4, -0.2) is 11.1 Å². The molecule has 2 rings (SSSR count). The first-order chi connectivity index (χ1) is 7.68. The molecule has 0 aliphatic rings. The van der Waals surface area contributed by atoms with E-state index in [1.54, 1.807) is 12.1 Å². The first-order valence-electron chi connectivity index (χ1n) is 4.65. The monoisotopic (exact) mass is 214 g/mol. The number of hydrogen-bond acceptors (Lipinski definition) is 3. The van der Waals surface area contributed by atoms with Gasteiger partial charge in [-0.2, -0.15) is 0 Å². The number of phenolic OH excluding ortho intramolecular Hbond substituents is 1. The maximum atomic E-state index is 9.63. The van der Waals surface area contributed by atoms with E-state index in [0.717, 1.165) is 5.39 Å². The Hall–Kier alpha value is -2.43. The average molecular weight is 214 g/mol. The van der Waals surface area contributed by atoms with Crippen molar-refractivity contribution < 1.29 is 5.11 Å². The van der Waals surface area contributed by atoms with Crippen LogP contribution in [0.15, 0.2) is 46.6 Å². The van der Waals surface area contributed by atoms with E-state index in [1.165, 1.54) is 6.07 Å². The predicted molar refractivity (Wildman–Crippen MR) is 62.0 cm³/mol. The number of nitrogens with one attached hydrogen (secondary N) is 1. The Kier molecular flexibility index (Phi) is 2.51. The lowest BCUT2D eigenvalue weighted by atomic mass is 10.1. The van der Waals surface area contributed by atoms with Gasteiger partial charge in [0.25, 0.3) is 0 Å². The van der Waals surface area contributed by atoms with Crippen molar-refractivity contribution in [2.45, 2.75) is 0 Å². The number of hydrogen-bond donors (Lipinski definition) is 3. The maximum Gasteiger partial charge on any atom is 0.232 e. The third-order valence-electron chi connectivity index (χ3n) is 2.14. The summed E-state index contributed by atoms with van der Waals surface area (Å²) in [4.78, 5) is 0. The molecule has 0 saturated heterocycles. The summed E-state index contributed by atoms with van der Waals surface area (Å²) in [5.41, 5.74) is 5.66. The zero-order chi connectivity index (χ0) is 11.5. The van der Waals surface area contributed by atoms with Crippen LogP contribution < -0.4 is 5.73 Å². The fraction of sp³-hybridized carbons (Fsp3) is 0. The van der Waals surface area contributed by atoms with Crippen LogP contribution in [0.2, 0.25) is 0 Å². The molecule has 0 saturated carbocycles. The van der Waals surface area contributed by atoms with E-state index in [0.29, 0.717) is 11.1 Å². The van der Waals surface area contributed by atoms with E-state index in [4.69, 9.17) is 11.1 Å². The molecule has 0 spiro atoms. The Morgan fingerprint density at radius 2 is 1.81 bits per heavy atom. The average Bonchev–Trinajstić information content (AvgIpc) is 2.28. The number of fused-ring (bicyclic) bond motifs is 1. The molecule has 0 aromatic heterocycles. The first kappa shape index (κ1) is 10.1. The zero-order valence-electron chi connectivity index (χ0n) is 8.38. The van der Waals surface area contributed by atoms with Gasteiger partial charge in [0.1, 0.15) is 5.75 Å². The van der Waals surface area contributed by atoms with Gasteiger partial charge in [0.2, 0.25) is 5.96 Å². The van der Waals surface area contributed by atoms with Crippen LogP contribution in [-0.2, 0) is 0 Å². The topological polar surface area (TPSA) is 94.8 Å². The Bertz CT molecular complexity index is 577. The maximum absolute atomic E-state index is 9.63. The van der Waals surface area contributed by atoms with Gasteiger partial charge < -0.3 is 10.8 Å². The molecule has 4 N–H and O–H groups in total. The first-order valence-corrected chi connectivity index (χ1v) is 4.65. The molecule has 0 fully saturated rings. The molecule has 0 aliphatic carbocycles. The third kappa shape index (κ3) is 1.83. The fourth-order valence-corrected chi connectivity index (χ4v) is 1.46. The number of azo groups is 1. The third-order valence-corrected chi connectivity index (χ3v) is 2.14. The van der Waals surface area contributed by atoms with Crippen molar-refractivity contribution in [3.8, 4) is 5.75 Å². The van der Waals surface area contributed by atoms with E-state index in [2.05, 4.69) is 10.2 Å². The lowest BCUT2D eigenvalue weighted by Gasteiger charge is -2.02. The van der Waals surface area contributed by atoms with Gasteiger partial charge in [-0.1, -0.05) is 24.3 Å². The standard InChI is InChI=1S/C11H10N4O/c12-11(13)15-14-9-5-6-10(16)8-4-2-1-3-7(8)9/h1-6,16H,(H3,12,13). The Morgan fingerprint density at radius 3 is 2.50 bits per heavy atom. The lowest BCUT2D eigenvalue weighted by Crippen LogP contribution is -2.03. The molecular weight excluding hydrogens is 204 g/mol. The highest BCUT2D eigenvalue weighted by Gasteiger charge is 2.03. The van der Waals surface area contributed by atoms with Crippen molar-refractivity contribution in [2.24, 2.45) is 16.0 Å². The Morgan fingerprint density at radius 1 is 1.12 bits per heavy atom. The van der Waals surface area contributed by atoms with E-state index in [-0.39, 0.29) is 11.7 Å². The summed E-state index contributed by atoms with van der Waals surface area (Å²) in [6, 6.07) is 10.4. The Balaban J connectivity index is 2.63. The van der Waals surface area contributed by atoms with Gasteiger partial charge in [0.05, 0.1) is 5.69 Å². The number of nitrogens with two attached hydrogens (primary N) is 1. The summed E-state index contributed by atoms with van der Waals surface area (Å²) in [6.07, 6.45) is 0. The Labute approximate surface area is 91.7 Å². The summed E-state index contributed by atoms with van der Waals surface area (Å²) >= 11 is 0. The minimum Gasteiger partial charge on any atom is -0.507 e. The highest BCUT2D eigenvalue weighted by Crippen LogP contribution is 2.32. The van der Waals surface area contributed by atoms with Gasteiger partial charge in [-0.3, -0.25) is 5.41 Å². The van der Waals surface area contributed by atoms with Gasteiger partial charge in [-0.25, -0.2) is 0 Å². The van der Waals surface area contributed by atoms with Gasteiger partial charge in [-0.05, 0) is 12.1 Å². The molecule has 0 unspecified atom stereocenters. The van der Waals surface area contributed by atoms with E-state index in [1.807, 2.05) is 18.2 Å². The van der Waals surface area contributed by atoms with Gasteiger partial charge in [0, 0.05) is 10.8 Å². The van der Waals surface area contributed by atoms with Crippen LogP contribution in [0, 0.1) is 5.41 Å². The van der Waals surface area contributed by atoms with Crippen molar-refractivity contribution >= 4 is 22.4 Å². The largest absolute Gasteiger partial charge is 0.507 e. The number of phenols is 1. The van der Waals surface area contributed by atoms with Crippen molar-refractivity contribution in [1.29, 1.82) is 5.41 Å². The molecule has 0 atom stereocenters. The summed E-state index contributed by atoms with van der Waals surface area (Å²) in [5.74, 6) is -0.158. The number of benzene rings is 2. The van der Waals surface area contributed by atoms with Crippen molar-refractivity contribution in [1.82, 2.24) is 0 Å². The van der Waals surface area contributed by atoms with Crippen molar-refractivity contribution in [2.75, 3.05) is 0 Å². The predicted octanol–water partition coefficient (Wildman–Crippen LogP) is 2.52. The fourth-order valence-electron chi connectivity index (χ4n) is 1.46. The lowest BCUT2D eigenvalue weighted by molar-refractivity contribution is 0.481. The van der Waals surface area contributed by atoms with Gasteiger partial charge in [-0.15, -0.1) is 10.2 Å². The molecule has 0 amide bonds. The van der Waals surface area contributed by atoms with Crippen LogP contribution in [0.25, 0.3) is 10.8 Å². The molecule has 80 valence electrons. The molecule has 0 bridgehead atoms. The number of aromatic hydroxyl groups is 1. The smallest absolute Gasteiger partial charge is 0.232 e. The van der Waals surface area contributed by atoms with Crippen molar-refractivity contribution in [3.05, 3.63) is 36.4 Å². The number of rotatable bonds is 1. The van der Waals surface area contributed by atoms with E-state index >= 15 is 0 Å². The zero-order valence-corrected chi connectivity index (χ0v) is 8.38. The van der Waals surface area contributed by atoms with Crippen molar-refractivity contribution in [3.63, 3.8) is 0 Å². The molecule has 0 radical (unpaired) electrons. The second kappa shape index (κ2) is 3.98. The minimum atomic E-state index is -0.350. The molecular formula is C11H10N4O. The summed E-state index contributed by atoms with van der Waals surface area (Å²) in [5, 5.41) is 25.4. The van der Waals surface area contributed by atoms with Crippen LogP contribution in [0.3, 0.4) is 0 Å². The van der Waals surface area contributed by atoms with E-state index in [9.17, 15) is 5.11 Å². The highest BCUT2D eigenvalue weighted by molar-refractivity contribution is 5.96. The quantitative estimate of drug-likeness (QED) is 0.386. The van der Waals surface area contributed by atoms with Crippen LogP contribution in [0.4, 0.5) is 5.69 Å². The molecule has 0 heterocycles. The summed E-state index contributed by atoms with van der Waals surface area (Å²) < 4.78 is 0. The summed E-state index contributed by atoms with van der Waals surface area (Å²) in [6.45, 7) is 0.